The third-order valence-corrected chi connectivity index (χ3v) is 4.44. The number of para-hydroxylation sites is 1. The van der Waals surface area contributed by atoms with E-state index in [1.807, 2.05) is 0 Å². The lowest BCUT2D eigenvalue weighted by atomic mass is 9.67. The molecule has 3 N–H and O–H groups in total. The van der Waals surface area contributed by atoms with Crippen molar-refractivity contribution in [1.82, 2.24) is 0 Å². The van der Waals surface area contributed by atoms with Gasteiger partial charge in [-0.25, -0.2) is 0 Å². The van der Waals surface area contributed by atoms with E-state index < -0.39 is 0 Å². The minimum atomic E-state index is 0.311. The number of rotatable bonds is 3. The van der Waals surface area contributed by atoms with Gasteiger partial charge in [0.15, 0.2) is 0 Å². The Hall–Kier alpha value is -1.06. The topological polar surface area (TPSA) is 47.3 Å². The van der Waals surface area contributed by atoms with Crippen molar-refractivity contribution >= 4 is 5.69 Å². The standard InChI is InChI=1S/C15H22N2O/c1-15(9-18-10-15)13-8-11(6-7-16)17-14-5-3-2-4-12(13)14/h2-5,11,13,17H,6-10,16H2,1H3. The maximum absolute atomic E-state index is 5.72. The zero-order valence-electron chi connectivity index (χ0n) is 11.0. The molecule has 0 radical (unpaired) electrons. The Morgan fingerprint density at radius 2 is 2.17 bits per heavy atom. The van der Waals surface area contributed by atoms with Crippen molar-refractivity contribution < 1.29 is 4.74 Å². The molecule has 0 bridgehead atoms. The molecule has 1 aromatic rings. The van der Waals surface area contributed by atoms with Gasteiger partial charge in [-0.1, -0.05) is 25.1 Å². The Morgan fingerprint density at radius 1 is 1.39 bits per heavy atom. The monoisotopic (exact) mass is 246 g/mol. The number of anilines is 1. The van der Waals surface area contributed by atoms with Gasteiger partial charge in [0.05, 0.1) is 13.2 Å². The Morgan fingerprint density at radius 3 is 2.83 bits per heavy atom. The predicted molar refractivity (Wildman–Crippen MR) is 73.8 cm³/mol. The van der Waals surface area contributed by atoms with Crippen LogP contribution >= 0.6 is 0 Å². The number of fused-ring (bicyclic) bond motifs is 1. The molecule has 3 nitrogen and oxygen atoms in total. The van der Waals surface area contributed by atoms with Crippen molar-refractivity contribution in [3.05, 3.63) is 29.8 Å². The molecule has 1 fully saturated rings. The number of nitrogens with two attached hydrogens (primary N) is 1. The van der Waals surface area contributed by atoms with Gasteiger partial charge in [-0.3, -0.25) is 0 Å². The van der Waals surface area contributed by atoms with E-state index in [1.165, 1.54) is 17.7 Å². The predicted octanol–water partition coefficient (Wildman–Crippen LogP) is 2.34. The van der Waals surface area contributed by atoms with Crippen molar-refractivity contribution in [2.45, 2.75) is 31.7 Å². The van der Waals surface area contributed by atoms with Gasteiger partial charge >= 0.3 is 0 Å². The van der Waals surface area contributed by atoms with Crippen LogP contribution in [-0.4, -0.2) is 25.8 Å². The molecule has 2 unspecified atom stereocenters. The first-order valence-corrected chi connectivity index (χ1v) is 6.86. The minimum Gasteiger partial charge on any atom is -0.382 e. The van der Waals surface area contributed by atoms with Gasteiger partial charge in [-0.15, -0.1) is 0 Å². The van der Waals surface area contributed by atoms with E-state index in [0.717, 1.165) is 26.2 Å². The Kier molecular flexibility index (Phi) is 3.04. The molecule has 1 aromatic carbocycles. The van der Waals surface area contributed by atoms with Crippen LogP contribution in [-0.2, 0) is 4.74 Å². The van der Waals surface area contributed by atoms with Gasteiger partial charge in [-0.05, 0) is 36.9 Å². The second-order valence-corrected chi connectivity index (χ2v) is 5.94. The zero-order valence-corrected chi connectivity index (χ0v) is 11.0. The summed E-state index contributed by atoms with van der Waals surface area (Å²) < 4.78 is 5.46. The summed E-state index contributed by atoms with van der Waals surface area (Å²) in [6.45, 7) is 4.88. The van der Waals surface area contributed by atoms with Crippen LogP contribution in [0.15, 0.2) is 24.3 Å². The highest BCUT2D eigenvalue weighted by molar-refractivity contribution is 5.56. The normalized spacial score (nSPS) is 29.0. The van der Waals surface area contributed by atoms with E-state index in [2.05, 4.69) is 36.5 Å². The molecule has 0 aromatic heterocycles. The van der Waals surface area contributed by atoms with Gasteiger partial charge in [0, 0.05) is 17.1 Å². The maximum atomic E-state index is 5.72. The number of benzene rings is 1. The first kappa shape index (κ1) is 12.0. The molecule has 0 saturated carbocycles. The molecule has 3 rings (SSSR count). The molecular formula is C15H22N2O. The smallest absolute Gasteiger partial charge is 0.0548 e. The third kappa shape index (κ3) is 1.91. The molecule has 0 spiro atoms. The second kappa shape index (κ2) is 4.56. The van der Waals surface area contributed by atoms with E-state index >= 15 is 0 Å². The second-order valence-electron chi connectivity index (χ2n) is 5.94. The molecule has 2 aliphatic rings. The van der Waals surface area contributed by atoms with Crippen LogP contribution in [0.2, 0.25) is 0 Å². The van der Waals surface area contributed by atoms with Crippen LogP contribution in [0, 0.1) is 5.41 Å². The van der Waals surface area contributed by atoms with E-state index in [0.29, 0.717) is 17.4 Å². The summed E-state index contributed by atoms with van der Waals surface area (Å²) in [6.07, 6.45) is 2.22. The lowest BCUT2D eigenvalue weighted by Gasteiger charge is -2.48. The zero-order chi connectivity index (χ0) is 12.6. The van der Waals surface area contributed by atoms with Crippen LogP contribution in [0.3, 0.4) is 0 Å². The fourth-order valence-electron chi connectivity index (χ4n) is 3.30. The average Bonchev–Trinajstić information content (AvgIpc) is 2.35. The lowest BCUT2D eigenvalue weighted by Crippen LogP contribution is -2.48. The van der Waals surface area contributed by atoms with Crippen molar-refractivity contribution in [3.8, 4) is 0 Å². The van der Waals surface area contributed by atoms with Crippen LogP contribution in [0.25, 0.3) is 0 Å². The Labute approximate surface area is 109 Å². The largest absolute Gasteiger partial charge is 0.382 e. The van der Waals surface area contributed by atoms with Crippen molar-refractivity contribution in [2.75, 3.05) is 25.1 Å². The van der Waals surface area contributed by atoms with Gasteiger partial charge in [-0.2, -0.15) is 0 Å². The third-order valence-electron chi connectivity index (χ3n) is 4.44. The van der Waals surface area contributed by atoms with Crippen molar-refractivity contribution in [3.63, 3.8) is 0 Å². The molecule has 2 heterocycles. The fraction of sp³-hybridized carbons (Fsp3) is 0.600. The van der Waals surface area contributed by atoms with Crippen LogP contribution in [0.5, 0.6) is 0 Å². The van der Waals surface area contributed by atoms with Crippen LogP contribution in [0.1, 0.15) is 31.2 Å². The number of ether oxygens (including phenoxy) is 1. The molecule has 2 atom stereocenters. The quantitative estimate of drug-likeness (QED) is 0.860. The van der Waals surface area contributed by atoms with Crippen LogP contribution < -0.4 is 11.1 Å². The fourth-order valence-corrected chi connectivity index (χ4v) is 3.30. The highest BCUT2D eigenvalue weighted by Gasteiger charge is 2.45. The molecule has 0 aliphatic carbocycles. The summed E-state index contributed by atoms with van der Waals surface area (Å²) in [7, 11) is 0. The van der Waals surface area contributed by atoms with E-state index in [4.69, 9.17) is 10.5 Å². The molecule has 98 valence electrons. The summed E-state index contributed by atoms with van der Waals surface area (Å²) in [5, 5.41) is 3.63. The van der Waals surface area contributed by atoms with Crippen LogP contribution in [0.4, 0.5) is 5.69 Å². The summed E-state index contributed by atoms with van der Waals surface area (Å²) in [5.41, 5.74) is 8.77. The number of nitrogens with one attached hydrogen (secondary N) is 1. The first-order chi connectivity index (χ1) is 8.73. The van der Waals surface area contributed by atoms with Gasteiger partial charge < -0.3 is 15.8 Å². The minimum absolute atomic E-state index is 0.311. The first-order valence-electron chi connectivity index (χ1n) is 6.86. The summed E-state index contributed by atoms with van der Waals surface area (Å²) in [6, 6.07) is 9.20. The van der Waals surface area contributed by atoms with Crippen molar-refractivity contribution in [1.29, 1.82) is 0 Å². The lowest BCUT2D eigenvalue weighted by molar-refractivity contribution is -0.119. The molecule has 0 amide bonds. The highest BCUT2D eigenvalue weighted by atomic mass is 16.5. The summed E-state index contributed by atoms with van der Waals surface area (Å²) in [5.74, 6) is 0.597. The van der Waals surface area contributed by atoms with E-state index in [9.17, 15) is 0 Å². The molecule has 1 saturated heterocycles. The number of hydrogen-bond acceptors (Lipinski definition) is 3. The summed E-state index contributed by atoms with van der Waals surface area (Å²) in [4.78, 5) is 0. The van der Waals surface area contributed by atoms with E-state index in [-0.39, 0.29) is 0 Å². The summed E-state index contributed by atoms with van der Waals surface area (Å²) >= 11 is 0. The molecule has 3 heteroatoms. The Balaban J connectivity index is 1.92. The van der Waals surface area contributed by atoms with Gasteiger partial charge in [0.2, 0.25) is 0 Å². The molecule has 2 aliphatic heterocycles. The number of hydrogen-bond donors (Lipinski definition) is 2. The van der Waals surface area contributed by atoms with Gasteiger partial charge in [0.25, 0.3) is 0 Å². The van der Waals surface area contributed by atoms with E-state index in [1.54, 1.807) is 0 Å². The highest BCUT2D eigenvalue weighted by Crippen LogP contribution is 2.49. The maximum Gasteiger partial charge on any atom is 0.0548 e. The average molecular weight is 246 g/mol. The molecular weight excluding hydrogens is 224 g/mol. The van der Waals surface area contributed by atoms with Gasteiger partial charge in [0.1, 0.15) is 0 Å². The van der Waals surface area contributed by atoms with Crippen molar-refractivity contribution in [2.24, 2.45) is 11.1 Å². The Bertz CT molecular complexity index is 428. The SMILES string of the molecule is CC1(C2CC(CCN)Nc3ccccc32)COC1. The molecule has 18 heavy (non-hydrogen) atoms.